The van der Waals surface area contributed by atoms with Crippen LogP contribution in [0.4, 0.5) is 15.9 Å². The summed E-state index contributed by atoms with van der Waals surface area (Å²) in [6.45, 7) is 1.25. The largest absolute Gasteiger partial charge is 0.465 e. The highest BCUT2D eigenvalue weighted by atomic mass is 32.2. The van der Waals surface area contributed by atoms with Crippen LogP contribution in [-0.2, 0) is 19.6 Å². The van der Waals surface area contributed by atoms with Crippen LogP contribution >= 0.6 is 0 Å². The average molecular weight is 367 g/mol. The highest BCUT2D eigenvalue weighted by molar-refractivity contribution is 7.92. The molecule has 25 heavy (non-hydrogen) atoms. The van der Waals surface area contributed by atoms with E-state index >= 15 is 0 Å². The molecule has 0 spiro atoms. The van der Waals surface area contributed by atoms with Crippen molar-refractivity contribution >= 4 is 33.4 Å². The summed E-state index contributed by atoms with van der Waals surface area (Å²) in [6, 6.07) is 5.51. The van der Waals surface area contributed by atoms with Gasteiger partial charge in [0, 0.05) is 13.1 Å². The van der Waals surface area contributed by atoms with E-state index in [1.807, 2.05) is 0 Å². The molecule has 10 heteroatoms. The Labute approximate surface area is 143 Å². The number of methoxy groups -OCH3 is 1. The highest BCUT2D eigenvalue weighted by Gasteiger charge is 2.21. The van der Waals surface area contributed by atoms with Crippen LogP contribution in [-0.4, -0.2) is 32.4 Å². The van der Waals surface area contributed by atoms with Gasteiger partial charge in [-0.1, -0.05) is 0 Å². The van der Waals surface area contributed by atoms with Crippen LogP contribution in [0.15, 0.2) is 41.4 Å². The number of halogens is 1. The zero-order valence-electron chi connectivity index (χ0n) is 13.2. The monoisotopic (exact) mass is 367 g/mol. The fourth-order valence-electron chi connectivity index (χ4n) is 1.92. The lowest BCUT2D eigenvalue weighted by molar-refractivity contribution is -0.114. The summed E-state index contributed by atoms with van der Waals surface area (Å²) in [4.78, 5) is 26.1. The molecule has 2 N–H and O–H groups in total. The van der Waals surface area contributed by atoms with Gasteiger partial charge in [-0.3, -0.25) is 9.52 Å². The number of rotatable bonds is 5. The number of sulfonamides is 1. The minimum atomic E-state index is -4.27. The average Bonchev–Trinajstić information content (AvgIpc) is 2.54. The summed E-state index contributed by atoms with van der Waals surface area (Å²) in [7, 11) is -3.18. The van der Waals surface area contributed by atoms with Crippen LogP contribution in [0, 0.1) is 5.82 Å². The summed E-state index contributed by atoms with van der Waals surface area (Å²) in [5, 5.41) is 2.42. The maximum Gasteiger partial charge on any atom is 0.337 e. The molecule has 0 radical (unpaired) electrons. The minimum Gasteiger partial charge on any atom is -0.465 e. The van der Waals surface area contributed by atoms with Gasteiger partial charge in [-0.25, -0.2) is 22.6 Å². The second kappa shape index (κ2) is 7.26. The first-order valence-corrected chi connectivity index (χ1v) is 8.35. The van der Waals surface area contributed by atoms with Crippen molar-refractivity contribution in [1.29, 1.82) is 0 Å². The lowest BCUT2D eigenvalue weighted by Crippen LogP contribution is -2.17. The van der Waals surface area contributed by atoms with Gasteiger partial charge in [0.2, 0.25) is 5.91 Å². The van der Waals surface area contributed by atoms with Gasteiger partial charge in [0.15, 0.2) is 5.82 Å². The van der Waals surface area contributed by atoms with Crippen molar-refractivity contribution in [3.63, 3.8) is 0 Å². The Kier molecular flexibility index (Phi) is 5.32. The molecule has 1 aromatic heterocycles. The van der Waals surface area contributed by atoms with Gasteiger partial charge in [-0.15, -0.1) is 0 Å². The van der Waals surface area contributed by atoms with Crippen molar-refractivity contribution in [1.82, 2.24) is 4.98 Å². The van der Waals surface area contributed by atoms with Gasteiger partial charge >= 0.3 is 5.97 Å². The number of aromatic nitrogens is 1. The van der Waals surface area contributed by atoms with Crippen molar-refractivity contribution in [2.24, 2.45) is 0 Å². The Morgan fingerprint density at radius 3 is 2.60 bits per heavy atom. The molecule has 0 aliphatic carbocycles. The minimum absolute atomic E-state index is 0.128. The second-order valence-electron chi connectivity index (χ2n) is 4.85. The lowest BCUT2D eigenvalue weighted by Gasteiger charge is -2.12. The molecule has 8 nitrogen and oxygen atoms in total. The van der Waals surface area contributed by atoms with Crippen LogP contribution in [0.2, 0.25) is 0 Å². The predicted octanol–water partition coefficient (Wildman–Crippen LogP) is 1.77. The fourth-order valence-corrected chi connectivity index (χ4v) is 3.00. The van der Waals surface area contributed by atoms with Gasteiger partial charge in [-0.2, -0.15) is 0 Å². The Hall–Kier alpha value is -3.01. The topological polar surface area (TPSA) is 114 Å². The number of hydrogen-bond donors (Lipinski definition) is 2. The van der Waals surface area contributed by atoms with Gasteiger partial charge in [-0.05, 0) is 30.3 Å². The van der Waals surface area contributed by atoms with Crippen LogP contribution in [0.25, 0.3) is 0 Å². The molecule has 1 amide bonds. The number of ether oxygens (including phenoxy) is 1. The molecule has 2 rings (SSSR count). The Balaban J connectivity index is 2.42. The van der Waals surface area contributed by atoms with E-state index in [1.165, 1.54) is 25.3 Å². The van der Waals surface area contributed by atoms with Gasteiger partial charge < -0.3 is 10.1 Å². The summed E-state index contributed by atoms with van der Waals surface area (Å²) < 4.78 is 45.2. The quantitative estimate of drug-likeness (QED) is 0.779. The van der Waals surface area contributed by atoms with Gasteiger partial charge in [0.25, 0.3) is 10.0 Å². The number of nitrogens with one attached hydrogen (secondary N) is 2. The Bertz CT molecular complexity index is 931. The third kappa shape index (κ3) is 4.51. The number of benzene rings is 1. The number of carbonyl (C=O) groups excluding carboxylic acids is 2. The molecule has 1 aromatic carbocycles. The van der Waals surface area contributed by atoms with Crippen LogP contribution in [0.1, 0.15) is 17.3 Å². The smallest absolute Gasteiger partial charge is 0.337 e. The number of amides is 1. The second-order valence-corrected chi connectivity index (χ2v) is 6.54. The third-order valence-corrected chi connectivity index (χ3v) is 4.27. The molecule has 132 valence electrons. The summed E-state index contributed by atoms with van der Waals surface area (Å²) >= 11 is 0. The zero-order valence-corrected chi connectivity index (χ0v) is 14.1. The van der Waals surface area contributed by atoms with Crippen LogP contribution in [0.3, 0.4) is 0 Å². The van der Waals surface area contributed by atoms with Crippen molar-refractivity contribution in [3.8, 4) is 0 Å². The van der Waals surface area contributed by atoms with Gasteiger partial charge in [0.05, 0.1) is 23.3 Å². The van der Waals surface area contributed by atoms with E-state index < -0.39 is 32.6 Å². The third-order valence-electron chi connectivity index (χ3n) is 2.95. The lowest BCUT2D eigenvalue weighted by atomic mass is 10.2. The maximum absolute atomic E-state index is 13.7. The summed E-state index contributed by atoms with van der Waals surface area (Å²) in [5.74, 6) is -2.38. The standard InChI is InChI=1S/C15H14FN3O5S/c1-9(20)18-13-4-3-5-17-14(13)19-25(22,23)12-7-10(15(21)24-2)6-11(16)8-12/h3-8H,1-2H3,(H,17,19)(H,18,20). The fraction of sp³-hybridized carbons (Fsp3) is 0.133. The first-order chi connectivity index (χ1) is 11.7. The number of pyridine rings is 1. The van der Waals surface area contributed by atoms with E-state index in [2.05, 4.69) is 19.8 Å². The molecule has 2 aromatic rings. The van der Waals surface area contributed by atoms with E-state index in [-0.39, 0.29) is 17.1 Å². The molecule has 0 aliphatic heterocycles. The number of hydrogen-bond acceptors (Lipinski definition) is 6. The highest BCUT2D eigenvalue weighted by Crippen LogP contribution is 2.23. The molecule has 0 atom stereocenters. The van der Waals surface area contributed by atoms with E-state index in [4.69, 9.17) is 0 Å². The number of nitrogens with zero attached hydrogens (tertiary/aromatic N) is 1. The van der Waals surface area contributed by atoms with Crippen molar-refractivity contribution in [2.45, 2.75) is 11.8 Å². The molecule has 0 aliphatic rings. The molecular formula is C15H14FN3O5S. The van der Waals surface area contributed by atoms with Crippen molar-refractivity contribution in [2.75, 3.05) is 17.1 Å². The summed E-state index contributed by atoms with van der Waals surface area (Å²) in [5.41, 5.74) is -0.130. The molecule has 0 bridgehead atoms. The Morgan fingerprint density at radius 1 is 1.24 bits per heavy atom. The van der Waals surface area contributed by atoms with Crippen molar-refractivity contribution in [3.05, 3.63) is 47.9 Å². The number of esters is 1. The molecule has 0 saturated carbocycles. The first-order valence-electron chi connectivity index (χ1n) is 6.87. The van der Waals surface area contributed by atoms with E-state index in [0.717, 1.165) is 25.3 Å². The zero-order chi connectivity index (χ0) is 18.6. The van der Waals surface area contributed by atoms with E-state index in [0.29, 0.717) is 0 Å². The van der Waals surface area contributed by atoms with E-state index in [1.54, 1.807) is 0 Å². The Morgan fingerprint density at radius 2 is 1.96 bits per heavy atom. The molecule has 0 fully saturated rings. The van der Waals surface area contributed by atoms with Crippen molar-refractivity contribution < 1.29 is 27.1 Å². The molecule has 0 unspecified atom stereocenters. The number of anilines is 2. The molecular weight excluding hydrogens is 353 g/mol. The summed E-state index contributed by atoms with van der Waals surface area (Å²) in [6.07, 6.45) is 1.31. The van der Waals surface area contributed by atoms with Crippen LogP contribution < -0.4 is 10.0 Å². The SMILES string of the molecule is COC(=O)c1cc(F)cc(S(=O)(=O)Nc2ncccc2NC(C)=O)c1. The maximum atomic E-state index is 13.7. The predicted molar refractivity (Wildman–Crippen MR) is 87.1 cm³/mol. The van der Waals surface area contributed by atoms with Gasteiger partial charge in [0.1, 0.15) is 5.82 Å². The molecule has 1 heterocycles. The normalized spacial score (nSPS) is 10.8. The van der Waals surface area contributed by atoms with Crippen LogP contribution in [0.5, 0.6) is 0 Å². The molecule has 0 saturated heterocycles. The first kappa shape index (κ1) is 18.3. The van der Waals surface area contributed by atoms with E-state index in [9.17, 15) is 22.4 Å². The number of carbonyl (C=O) groups is 2.